The van der Waals surface area contributed by atoms with Crippen molar-refractivity contribution < 1.29 is 0 Å². The summed E-state index contributed by atoms with van der Waals surface area (Å²) in [5.74, 6) is 0.712. The molecule has 0 atom stereocenters. The van der Waals surface area contributed by atoms with Crippen molar-refractivity contribution in [1.82, 2.24) is 9.97 Å². The highest BCUT2D eigenvalue weighted by atomic mass is 14.9. The van der Waals surface area contributed by atoms with Crippen LogP contribution in [0, 0.1) is 0 Å². The Morgan fingerprint density at radius 3 is 1.72 bits per heavy atom. The number of hydrogen-bond donors (Lipinski definition) is 0. The Labute approximate surface area is 332 Å². The van der Waals surface area contributed by atoms with Crippen LogP contribution in [0.5, 0.6) is 0 Å². The summed E-state index contributed by atoms with van der Waals surface area (Å²) < 4.78 is 0. The summed E-state index contributed by atoms with van der Waals surface area (Å²) in [6.07, 6.45) is 0. The zero-order valence-electron chi connectivity index (χ0n) is 31.9. The minimum atomic E-state index is -0.0948. The standard InChI is InChI=1S/C55H38N2/c1-55(2)48-25-13-24-44(53(48)52-43-21-9-8-15-36(43)28-31-49(52)55)40-20-12-19-39(33-40)42-29-30-47(46-23-11-10-22-45(42)46)54-56-50(37-16-4-3-5-17-37)34-51(57-54)41-27-26-35-14-6-7-18-38(35)32-41/h3-34H,1-2H3. The van der Waals surface area contributed by atoms with Gasteiger partial charge in [0, 0.05) is 22.1 Å². The zero-order valence-corrected chi connectivity index (χ0v) is 31.9. The fourth-order valence-corrected chi connectivity index (χ4v) is 9.21. The predicted octanol–water partition coefficient (Wildman–Crippen LogP) is 14.6. The van der Waals surface area contributed by atoms with Crippen LogP contribution in [0.3, 0.4) is 0 Å². The third kappa shape index (κ3) is 5.40. The smallest absolute Gasteiger partial charge is 0.161 e. The molecule has 0 N–H and O–H groups in total. The van der Waals surface area contributed by atoms with Gasteiger partial charge in [0.1, 0.15) is 0 Å². The molecule has 0 fully saturated rings. The van der Waals surface area contributed by atoms with Gasteiger partial charge in [-0.3, -0.25) is 0 Å². The van der Waals surface area contributed by atoms with E-state index in [0.29, 0.717) is 5.82 Å². The van der Waals surface area contributed by atoms with Gasteiger partial charge in [0.2, 0.25) is 0 Å². The molecule has 1 aromatic heterocycles. The van der Waals surface area contributed by atoms with Crippen LogP contribution >= 0.6 is 0 Å². The van der Waals surface area contributed by atoms with Crippen molar-refractivity contribution in [2.75, 3.05) is 0 Å². The molecule has 1 aliphatic carbocycles. The van der Waals surface area contributed by atoms with Crippen LogP contribution in [0.15, 0.2) is 194 Å². The van der Waals surface area contributed by atoms with Crippen molar-refractivity contribution in [3.8, 4) is 67.3 Å². The van der Waals surface area contributed by atoms with E-state index < -0.39 is 0 Å². The summed E-state index contributed by atoms with van der Waals surface area (Å²) in [6, 6.07) is 70.1. The van der Waals surface area contributed by atoms with Gasteiger partial charge in [-0.25, -0.2) is 9.97 Å². The number of nitrogens with zero attached hydrogens (tertiary/aromatic N) is 2. The SMILES string of the molecule is CC1(C)c2cccc(-c3cccc(-c4ccc(-c5nc(-c6ccccc6)cc(-c6ccc7ccccc7c6)n5)c5ccccc45)c3)c2-c2c1ccc1ccccc21. The van der Waals surface area contributed by atoms with Crippen molar-refractivity contribution in [3.63, 3.8) is 0 Å². The summed E-state index contributed by atoms with van der Waals surface area (Å²) >= 11 is 0. The zero-order chi connectivity index (χ0) is 38.1. The van der Waals surface area contributed by atoms with Gasteiger partial charge in [0.05, 0.1) is 11.4 Å². The van der Waals surface area contributed by atoms with Gasteiger partial charge in [-0.1, -0.05) is 184 Å². The van der Waals surface area contributed by atoms with E-state index in [1.54, 1.807) is 0 Å². The van der Waals surface area contributed by atoms with E-state index in [1.165, 1.54) is 71.4 Å². The lowest BCUT2D eigenvalue weighted by atomic mass is 9.81. The summed E-state index contributed by atoms with van der Waals surface area (Å²) in [6.45, 7) is 4.73. The van der Waals surface area contributed by atoms with Crippen molar-refractivity contribution in [3.05, 3.63) is 205 Å². The highest BCUT2D eigenvalue weighted by Crippen LogP contribution is 2.54. The second-order valence-electron chi connectivity index (χ2n) is 15.7. The Morgan fingerprint density at radius 2 is 0.912 bits per heavy atom. The normalized spacial score (nSPS) is 12.9. The number of benzene rings is 9. The molecule has 1 aliphatic rings. The molecule has 2 nitrogen and oxygen atoms in total. The van der Waals surface area contributed by atoms with Gasteiger partial charge in [-0.2, -0.15) is 0 Å². The molecule has 57 heavy (non-hydrogen) atoms. The molecule has 2 heteroatoms. The van der Waals surface area contributed by atoms with Crippen LogP contribution in [-0.2, 0) is 5.41 Å². The van der Waals surface area contributed by atoms with Gasteiger partial charge in [0.15, 0.2) is 5.82 Å². The molecule has 0 saturated heterocycles. The van der Waals surface area contributed by atoms with E-state index in [2.05, 4.69) is 202 Å². The molecule has 11 rings (SSSR count). The average Bonchev–Trinajstić information content (AvgIpc) is 3.52. The van der Waals surface area contributed by atoms with Gasteiger partial charge >= 0.3 is 0 Å². The number of fused-ring (bicyclic) bond motifs is 7. The summed E-state index contributed by atoms with van der Waals surface area (Å²) in [5, 5.41) is 7.28. The van der Waals surface area contributed by atoms with Crippen molar-refractivity contribution in [1.29, 1.82) is 0 Å². The van der Waals surface area contributed by atoms with Crippen LogP contribution in [-0.4, -0.2) is 9.97 Å². The summed E-state index contributed by atoms with van der Waals surface area (Å²) in [5.41, 5.74) is 15.2. The topological polar surface area (TPSA) is 25.8 Å². The fourth-order valence-electron chi connectivity index (χ4n) is 9.21. The lowest BCUT2D eigenvalue weighted by molar-refractivity contribution is 0.661. The first kappa shape index (κ1) is 33.2. The molecule has 0 bridgehead atoms. The van der Waals surface area contributed by atoms with E-state index in [9.17, 15) is 0 Å². The van der Waals surface area contributed by atoms with Crippen molar-refractivity contribution >= 4 is 32.3 Å². The first-order valence-corrected chi connectivity index (χ1v) is 19.7. The number of hydrogen-bond acceptors (Lipinski definition) is 2. The van der Waals surface area contributed by atoms with Crippen LogP contribution in [0.2, 0.25) is 0 Å². The van der Waals surface area contributed by atoms with E-state index >= 15 is 0 Å². The Hall–Kier alpha value is -7.16. The lowest BCUT2D eigenvalue weighted by Gasteiger charge is -2.21. The largest absolute Gasteiger partial charge is 0.228 e. The average molecular weight is 727 g/mol. The van der Waals surface area contributed by atoms with Crippen LogP contribution in [0.1, 0.15) is 25.0 Å². The van der Waals surface area contributed by atoms with E-state index in [1.807, 2.05) is 6.07 Å². The summed E-state index contributed by atoms with van der Waals surface area (Å²) in [4.78, 5) is 10.5. The number of aromatic nitrogens is 2. The molecular weight excluding hydrogens is 689 g/mol. The molecule has 0 spiro atoms. The van der Waals surface area contributed by atoms with Gasteiger partial charge < -0.3 is 0 Å². The van der Waals surface area contributed by atoms with E-state index in [0.717, 1.165) is 33.5 Å². The van der Waals surface area contributed by atoms with E-state index in [-0.39, 0.29) is 5.41 Å². The maximum absolute atomic E-state index is 5.29. The number of rotatable bonds is 5. The maximum atomic E-state index is 5.29. The highest BCUT2D eigenvalue weighted by Gasteiger charge is 2.37. The predicted molar refractivity (Wildman–Crippen MR) is 239 cm³/mol. The highest BCUT2D eigenvalue weighted by molar-refractivity contribution is 6.08. The second kappa shape index (κ2) is 13.0. The molecule has 0 amide bonds. The molecule has 1 heterocycles. The van der Waals surface area contributed by atoms with Crippen LogP contribution < -0.4 is 0 Å². The quantitative estimate of drug-likeness (QED) is 0.176. The Morgan fingerprint density at radius 1 is 0.333 bits per heavy atom. The third-order valence-electron chi connectivity index (χ3n) is 12.1. The van der Waals surface area contributed by atoms with Gasteiger partial charge in [0.25, 0.3) is 0 Å². The molecule has 9 aromatic carbocycles. The van der Waals surface area contributed by atoms with Crippen molar-refractivity contribution in [2.24, 2.45) is 0 Å². The Bertz CT molecular complexity index is 3210. The lowest BCUT2D eigenvalue weighted by Crippen LogP contribution is -2.14. The van der Waals surface area contributed by atoms with Crippen LogP contribution in [0.4, 0.5) is 0 Å². The molecule has 0 aliphatic heterocycles. The van der Waals surface area contributed by atoms with Crippen molar-refractivity contribution in [2.45, 2.75) is 19.3 Å². The first-order chi connectivity index (χ1) is 28.0. The molecule has 10 aromatic rings. The Balaban J connectivity index is 1.06. The van der Waals surface area contributed by atoms with Crippen LogP contribution in [0.25, 0.3) is 99.6 Å². The van der Waals surface area contributed by atoms with Gasteiger partial charge in [-0.15, -0.1) is 0 Å². The monoisotopic (exact) mass is 726 g/mol. The van der Waals surface area contributed by atoms with E-state index in [4.69, 9.17) is 9.97 Å². The minimum Gasteiger partial charge on any atom is -0.228 e. The molecule has 0 radical (unpaired) electrons. The fraction of sp³-hybridized carbons (Fsp3) is 0.0545. The maximum Gasteiger partial charge on any atom is 0.161 e. The Kier molecular flexibility index (Phi) is 7.55. The summed E-state index contributed by atoms with van der Waals surface area (Å²) in [7, 11) is 0. The molecular formula is C55H38N2. The van der Waals surface area contributed by atoms with Gasteiger partial charge in [-0.05, 0) is 101 Å². The second-order valence-corrected chi connectivity index (χ2v) is 15.7. The minimum absolute atomic E-state index is 0.0948. The molecule has 0 saturated carbocycles. The molecule has 0 unspecified atom stereocenters. The first-order valence-electron chi connectivity index (χ1n) is 19.7. The third-order valence-corrected chi connectivity index (χ3v) is 12.1. The molecule has 268 valence electrons.